The number of carboxylic acid groups (broad SMARTS) is 1. The zero-order valence-corrected chi connectivity index (χ0v) is 22.8. The molecule has 0 spiro atoms. The lowest BCUT2D eigenvalue weighted by molar-refractivity contribution is 0.0696. The first-order valence-electron chi connectivity index (χ1n) is 12.5. The average molecular weight is 573 g/mol. The van der Waals surface area contributed by atoms with Gasteiger partial charge in [0.1, 0.15) is 0 Å². The third-order valence-corrected chi connectivity index (χ3v) is 7.50. The highest BCUT2D eigenvalue weighted by Gasteiger charge is 2.29. The standard InChI is InChI=1S/C30H28N4O6S/c1-20-15-17-25(18-16-20)41(39,40)34-30(38)33-27(22-11-6-3-7-12-22)26(21-9-4-2-5-10-21)32-29(37)31-24-14-8-13-23(19-24)28(35)36/h2-19,26-27H,1H3,(H,35,36)(H2,31,32,37)(H2,33,34,38)/t26-,27+/m0/s1. The molecule has 0 heterocycles. The topological polar surface area (TPSA) is 154 Å². The molecule has 0 aliphatic rings. The summed E-state index contributed by atoms with van der Waals surface area (Å²) in [6.07, 6.45) is 0. The number of nitrogens with one attached hydrogen (secondary N) is 4. The van der Waals surface area contributed by atoms with Gasteiger partial charge in [0.25, 0.3) is 10.0 Å². The molecule has 4 rings (SSSR count). The quantitative estimate of drug-likeness (QED) is 0.191. The van der Waals surface area contributed by atoms with E-state index in [4.69, 9.17) is 0 Å². The Morgan fingerprint density at radius 1 is 0.683 bits per heavy atom. The summed E-state index contributed by atoms with van der Waals surface area (Å²) in [6.45, 7) is 1.82. The van der Waals surface area contributed by atoms with E-state index in [9.17, 15) is 27.9 Å². The van der Waals surface area contributed by atoms with Gasteiger partial charge in [0, 0.05) is 5.69 Å². The van der Waals surface area contributed by atoms with Crippen LogP contribution in [0.2, 0.25) is 0 Å². The van der Waals surface area contributed by atoms with Crippen molar-refractivity contribution in [1.29, 1.82) is 0 Å². The number of carboxylic acids is 1. The highest BCUT2D eigenvalue weighted by atomic mass is 32.2. The number of anilines is 1. The van der Waals surface area contributed by atoms with Crippen LogP contribution in [0.15, 0.2) is 114 Å². The number of aryl methyl sites for hydroxylation is 1. The van der Waals surface area contributed by atoms with E-state index in [-0.39, 0.29) is 16.1 Å². The third-order valence-electron chi connectivity index (χ3n) is 6.15. The third kappa shape index (κ3) is 7.70. The molecule has 0 aliphatic carbocycles. The highest BCUT2D eigenvalue weighted by molar-refractivity contribution is 7.90. The fourth-order valence-corrected chi connectivity index (χ4v) is 5.06. The Morgan fingerprint density at radius 2 is 1.22 bits per heavy atom. The van der Waals surface area contributed by atoms with E-state index in [0.717, 1.165) is 5.56 Å². The normalized spacial score (nSPS) is 12.4. The molecular formula is C30H28N4O6S. The Kier molecular flexibility index (Phi) is 9.00. The van der Waals surface area contributed by atoms with Gasteiger partial charge in [-0.25, -0.2) is 27.5 Å². The van der Waals surface area contributed by atoms with Gasteiger partial charge in [-0.1, -0.05) is 84.4 Å². The highest BCUT2D eigenvalue weighted by Crippen LogP contribution is 2.29. The van der Waals surface area contributed by atoms with Crippen molar-refractivity contribution in [3.63, 3.8) is 0 Å². The Labute approximate surface area is 237 Å². The van der Waals surface area contributed by atoms with E-state index in [1.807, 2.05) is 11.6 Å². The predicted octanol–water partition coefficient (Wildman–Crippen LogP) is 4.99. The zero-order chi connectivity index (χ0) is 29.4. The van der Waals surface area contributed by atoms with Crippen LogP contribution in [0.1, 0.15) is 39.1 Å². The summed E-state index contributed by atoms with van der Waals surface area (Å²) >= 11 is 0. The molecule has 0 saturated heterocycles. The van der Waals surface area contributed by atoms with Crippen LogP contribution in [0.25, 0.3) is 0 Å². The molecule has 0 aliphatic heterocycles. The maximum absolute atomic E-state index is 13.1. The molecule has 0 bridgehead atoms. The van der Waals surface area contributed by atoms with E-state index in [1.54, 1.807) is 78.9 Å². The fraction of sp³-hybridized carbons (Fsp3) is 0.100. The molecule has 2 atom stereocenters. The van der Waals surface area contributed by atoms with Crippen LogP contribution >= 0.6 is 0 Å². The number of carbonyl (C=O) groups is 3. The van der Waals surface area contributed by atoms with Crippen molar-refractivity contribution in [2.75, 3.05) is 5.32 Å². The minimum absolute atomic E-state index is 0.00213. The van der Waals surface area contributed by atoms with Crippen LogP contribution in [-0.2, 0) is 10.0 Å². The zero-order valence-electron chi connectivity index (χ0n) is 21.9. The number of amides is 4. The number of urea groups is 2. The number of hydrogen-bond acceptors (Lipinski definition) is 5. The second-order valence-electron chi connectivity index (χ2n) is 9.15. The second-order valence-corrected chi connectivity index (χ2v) is 10.8. The van der Waals surface area contributed by atoms with E-state index in [1.165, 1.54) is 30.3 Å². The molecule has 0 fully saturated rings. The lowest BCUT2D eigenvalue weighted by atomic mass is 9.93. The monoisotopic (exact) mass is 572 g/mol. The van der Waals surface area contributed by atoms with Gasteiger partial charge in [-0.2, -0.15) is 0 Å². The number of hydrogen-bond donors (Lipinski definition) is 5. The number of carbonyl (C=O) groups excluding carboxylic acids is 2. The molecule has 4 aromatic carbocycles. The smallest absolute Gasteiger partial charge is 0.335 e. The van der Waals surface area contributed by atoms with Crippen molar-refractivity contribution >= 4 is 33.7 Å². The van der Waals surface area contributed by atoms with Crippen LogP contribution in [0, 0.1) is 6.92 Å². The van der Waals surface area contributed by atoms with Gasteiger partial charge in [0.05, 0.1) is 22.5 Å². The van der Waals surface area contributed by atoms with Gasteiger partial charge in [-0.15, -0.1) is 0 Å². The molecule has 41 heavy (non-hydrogen) atoms. The van der Waals surface area contributed by atoms with Crippen molar-refractivity contribution in [1.82, 2.24) is 15.4 Å². The molecule has 0 radical (unpaired) electrons. The lowest BCUT2D eigenvalue weighted by Gasteiger charge is -2.30. The van der Waals surface area contributed by atoms with Crippen LogP contribution in [0.4, 0.5) is 15.3 Å². The number of aromatic carboxylic acids is 1. The first-order chi connectivity index (χ1) is 19.6. The summed E-state index contributed by atoms with van der Waals surface area (Å²) < 4.78 is 27.8. The van der Waals surface area contributed by atoms with Gasteiger partial charge in [-0.3, -0.25) is 0 Å². The Bertz CT molecular complexity index is 1630. The van der Waals surface area contributed by atoms with Gasteiger partial charge in [-0.05, 0) is 48.4 Å². The van der Waals surface area contributed by atoms with Crippen molar-refractivity contribution in [2.45, 2.75) is 23.9 Å². The minimum Gasteiger partial charge on any atom is -0.478 e. The fourth-order valence-electron chi connectivity index (χ4n) is 4.15. The summed E-state index contributed by atoms with van der Waals surface area (Å²) in [6, 6.07) is 26.0. The molecule has 11 heteroatoms. The van der Waals surface area contributed by atoms with Crippen molar-refractivity contribution in [2.24, 2.45) is 0 Å². The summed E-state index contributed by atoms with van der Waals surface area (Å²) in [4.78, 5) is 37.5. The molecule has 4 amide bonds. The Morgan fingerprint density at radius 3 is 1.76 bits per heavy atom. The molecule has 0 aromatic heterocycles. The van der Waals surface area contributed by atoms with Crippen molar-refractivity contribution in [3.8, 4) is 0 Å². The SMILES string of the molecule is Cc1ccc(S(=O)(=O)NC(=O)N[C@H](c2ccccc2)[C@@H](NC(=O)Nc2cccc(C(=O)O)c2)c2ccccc2)cc1. The molecule has 5 N–H and O–H groups in total. The number of rotatable bonds is 9. The summed E-state index contributed by atoms with van der Waals surface area (Å²) in [5.41, 5.74) is 2.33. The predicted molar refractivity (Wildman–Crippen MR) is 154 cm³/mol. The maximum atomic E-state index is 13.1. The van der Waals surface area contributed by atoms with E-state index in [0.29, 0.717) is 11.1 Å². The molecule has 0 unspecified atom stereocenters. The van der Waals surface area contributed by atoms with Crippen LogP contribution in [-0.4, -0.2) is 31.6 Å². The lowest BCUT2D eigenvalue weighted by Crippen LogP contribution is -2.46. The molecular weight excluding hydrogens is 544 g/mol. The van der Waals surface area contributed by atoms with E-state index < -0.39 is 40.1 Å². The number of benzene rings is 4. The van der Waals surface area contributed by atoms with Crippen LogP contribution < -0.4 is 20.7 Å². The van der Waals surface area contributed by atoms with Gasteiger partial charge in [0.15, 0.2) is 0 Å². The van der Waals surface area contributed by atoms with Gasteiger partial charge >= 0.3 is 18.0 Å². The molecule has 0 saturated carbocycles. The van der Waals surface area contributed by atoms with Crippen LogP contribution in [0.3, 0.4) is 0 Å². The molecule has 10 nitrogen and oxygen atoms in total. The minimum atomic E-state index is -4.18. The molecule has 4 aromatic rings. The van der Waals surface area contributed by atoms with Gasteiger partial charge in [0.2, 0.25) is 0 Å². The Hall–Kier alpha value is -5.16. The van der Waals surface area contributed by atoms with E-state index >= 15 is 0 Å². The summed E-state index contributed by atoms with van der Waals surface area (Å²) in [5.74, 6) is -1.14. The summed E-state index contributed by atoms with van der Waals surface area (Å²) in [5, 5.41) is 17.5. The first-order valence-corrected chi connectivity index (χ1v) is 14.0. The van der Waals surface area contributed by atoms with Crippen molar-refractivity contribution < 1.29 is 27.9 Å². The largest absolute Gasteiger partial charge is 0.478 e. The summed E-state index contributed by atoms with van der Waals surface area (Å²) in [7, 11) is -4.18. The van der Waals surface area contributed by atoms with Crippen molar-refractivity contribution in [3.05, 3.63) is 131 Å². The van der Waals surface area contributed by atoms with Crippen LogP contribution in [0.5, 0.6) is 0 Å². The maximum Gasteiger partial charge on any atom is 0.335 e. The Balaban J connectivity index is 1.63. The average Bonchev–Trinajstić information content (AvgIpc) is 2.96. The second kappa shape index (κ2) is 12.8. The van der Waals surface area contributed by atoms with E-state index in [2.05, 4.69) is 16.0 Å². The molecule has 210 valence electrons. The van der Waals surface area contributed by atoms with Gasteiger partial charge < -0.3 is 21.1 Å². The first kappa shape index (κ1) is 28.8. The number of sulfonamides is 1.